The van der Waals surface area contributed by atoms with E-state index in [1.165, 1.54) is 11.8 Å². The molecule has 3 rings (SSSR count). The Labute approximate surface area is 128 Å². The molecule has 0 bridgehead atoms. The third kappa shape index (κ3) is 2.12. The second kappa shape index (κ2) is 4.61. The van der Waals surface area contributed by atoms with Gasteiger partial charge in [0.1, 0.15) is 10.1 Å². The fourth-order valence-corrected chi connectivity index (χ4v) is 7.82. The molecule has 0 aromatic heterocycles. The molecule has 2 unspecified atom stereocenters. The van der Waals surface area contributed by atoms with E-state index < -0.39 is 15.4 Å². The van der Waals surface area contributed by atoms with Gasteiger partial charge in [0.2, 0.25) is 0 Å². The van der Waals surface area contributed by atoms with Crippen molar-refractivity contribution in [3.63, 3.8) is 0 Å². The lowest BCUT2D eigenvalue weighted by atomic mass is 9.99. The van der Waals surface area contributed by atoms with Crippen LogP contribution < -0.4 is 9.64 Å². The van der Waals surface area contributed by atoms with Gasteiger partial charge in [-0.1, -0.05) is 24.0 Å². The van der Waals surface area contributed by atoms with Gasteiger partial charge in [-0.05, 0) is 31.2 Å². The predicted octanol–water partition coefficient (Wildman–Crippen LogP) is 2.09. The Morgan fingerprint density at radius 1 is 1.40 bits per heavy atom. The average molecular weight is 329 g/mol. The van der Waals surface area contributed by atoms with Crippen LogP contribution in [0, 0.1) is 0 Å². The molecule has 0 aliphatic carbocycles. The zero-order valence-electron chi connectivity index (χ0n) is 11.2. The van der Waals surface area contributed by atoms with Crippen molar-refractivity contribution < 1.29 is 13.2 Å². The summed E-state index contributed by atoms with van der Waals surface area (Å²) in [5, 5.41) is 0.0158. The van der Waals surface area contributed by atoms with Gasteiger partial charge in [-0.25, -0.2) is 8.42 Å². The van der Waals surface area contributed by atoms with Crippen LogP contribution in [0.1, 0.15) is 6.92 Å². The Balaban J connectivity index is 2.01. The fourth-order valence-electron chi connectivity index (χ4n) is 2.89. The maximum Gasteiger partial charge on any atom is 0.153 e. The summed E-state index contributed by atoms with van der Waals surface area (Å²) in [6.45, 7) is 1.98. The molecule has 0 amide bonds. The molecule has 2 fully saturated rings. The number of hydrogen-bond donors (Lipinski definition) is 0. The van der Waals surface area contributed by atoms with Crippen molar-refractivity contribution in [1.82, 2.24) is 0 Å². The molecule has 1 aromatic rings. The number of benzene rings is 1. The van der Waals surface area contributed by atoms with Crippen LogP contribution in [0.3, 0.4) is 0 Å². The van der Waals surface area contributed by atoms with E-state index in [0.29, 0.717) is 0 Å². The number of thiocarbonyl (C=S) groups is 1. The van der Waals surface area contributed by atoms with Gasteiger partial charge in [-0.15, -0.1) is 0 Å². The summed E-state index contributed by atoms with van der Waals surface area (Å²) in [6, 6.07) is 7.57. The molecule has 20 heavy (non-hydrogen) atoms. The summed E-state index contributed by atoms with van der Waals surface area (Å²) in [5.74, 6) is 1.14. The molecule has 2 aliphatic rings. The van der Waals surface area contributed by atoms with E-state index in [0.717, 1.165) is 15.8 Å². The van der Waals surface area contributed by atoms with Gasteiger partial charge < -0.3 is 9.64 Å². The summed E-state index contributed by atoms with van der Waals surface area (Å²) in [5.41, 5.74) is 0.472. The first-order valence-electron chi connectivity index (χ1n) is 6.21. The molecular weight excluding hydrogens is 314 g/mol. The number of sulfone groups is 1. The molecule has 7 heteroatoms. The van der Waals surface area contributed by atoms with Crippen molar-refractivity contribution in [3.8, 4) is 5.75 Å². The Kier molecular flexibility index (Phi) is 3.26. The summed E-state index contributed by atoms with van der Waals surface area (Å²) in [4.78, 5) is 1.99. The minimum Gasteiger partial charge on any atom is -0.497 e. The van der Waals surface area contributed by atoms with Gasteiger partial charge in [0.25, 0.3) is 0 Å². The highest BCUT2D eigenvalue weighted by atomic mass is 32.2. The minimum atomic E-state index is -2.99. The van der Waals surface area contributed by atoms with Crippen LogP contribution in [-0.4, -0.2) is 42.1 Å². The summed E-state index contributed by atoms with van der Waals surface area (Å²) in [7, 11) is -1.37. The van der Waals surface area contributed by atoms with Crippen LogP contribution in [0.2, 0.25) is 0 Å². The number of methoxy groups -OCH3 is 1. The zero-order valence-corrected chi connectivity index (χ0v) is 13.6. The average Bonchev–Trinajstić information content (AvgIpc) is 2.72. The largest absolute Gasteiger partial charge is 0.497 e. The number of fused-ring (bicyclic) bond motifs is 1. The maximum atomic E-state index is 11.9. The van der Waals surface area contributed by atoms with Crippen molar-refractivity contribution in [2.24, 2.45) is 0 Å². The van der Waals surface area contributed by atoms with Crippen molar-refractivity contribution in [1.29, 1.82) is 0 Å². The van der Waals surface area contributed by atoms with Crippen molar-refractivity contribution in [3.05, 3.63) is 24.3 Å². The first-order valence-corrected chi connectivity index (χ1v) is 9.32. The first-order chi connectivity index (χ1) is 9.36. The predicted molar refractivity (Wildman–Crippen MR) is 86.5 cm³/mol. The van der Waals surface area contributed by atoms with E-state index >= 15 is 0 Å². The van der Waals surface area contributed by atoms with E-state index in [4.69, 9.17) is 17.0 Å². The van der Waals surface area contributed by atoms with E-state index in [-0.39, 0.29) is 16.8 Å². The van der Waals surface area contributed by atoms with Crippen LogP contribution >= 0.6 is 24.0 Å². The quantitative estimate of drug-likeness (QED) is 0.774. The molecule has 2 heterocycles. The van der Waals surface area contributed by atoms with Gasteiger partial charge >= 0.3 is 0 Å². The first kappa shape index (κ1) is 14.2. The second-order valence-corrected chi connectivity index (χ2v) is 9.26. The Morgan fingerprint density at radius 2 is 2.05 bits per heavy atom. The van der Waals surface area contributed by atoms with Crippen molar-refractivity contribution in [2.45, 2.75) is 17.7 Å². The zero-order chi connectivity index (χ0) is 14.5. The van der Waals surface area contributed by atoms with Crippen LogP contribution in [-0.2, 0) is 9.84 Å². The van der Waals surface area contributed by atoms with E-state index in [1.807, 2.05) is 36.1 Å². The van der Waals surface area contributed by atoms with Gasteiger partial charge in [-0.2, -0.15) is 0 Å². The lowest BCUT2D eigenvalue weighted by molar-refractivity contribution is 0.414. The van der Waals surface area contributed by atoms with Gasteiger partial charge in [0.05, 0.1) is 29.4 Å². The van der Waals surface area contributed by atoms with E-state index in [1.54, 1.807) is 7.11 Å². The standard InChI is InChI=1S/C13H15NO3S3/c1-13-8-20(15,16)7-11(13)19-12(18)14(13)9-3-5-10(17-2)6-4-9/h3-6,11H,7-8H2,1-2H3. The topological polar surface area (TPSA) is 46.6 Å². The third-order valence-electron chi connectivity index (χ3n) is 3.88. The van der Waals surface area contributed by atoms with Crippen molar-refractivity contribution in [2.75, 3.05) is 23.5 Å². The smallest absolute Gasteiger partial charge is 0.153 e. The Morgan fingerprint density at radius 3 is 2.65 bits per heavy atom. The monoisotopic (exact) mass is 329 g/mol. The Bertz CT molecular complexity index is 656. The van der Waals surface area contributed by atoms with Crippen LogP contribution in [0.15, 0.2) is 24.3 Å². The lowest BCUT2D eigenvalue weighted by Gasteiger charge is -2.34. The summed E-state index contributed by atoms with van der Waals surface area (Å²) in [6.07, 6.45) is 0. The van der Waals surface area contributed by atoms with Gasteiger partial charge in [-0.3, -0.25) is 0 Å². The minimum absolute atomic E-state index is 0.0158. The number of nitrogens with zero attached hydrogens (tertiary/aromatic N) is 1. The van der Waals surface area contributed by atoms with Crippen LogP contribution in [0.4, 0.5) is 5.69 Å². The molecule has 4 nitrogen and oxygen atoms in total. The number of thioether (sulfide) groups is 1. The highest BCUT2D eigenvalue weighted by Gasteiger charge is 2.57. The fraction of sp³-hybridized carbons (Fsp3) is 0.462. The number of anilines is 1. The van der Waals surface area contributed by atoms with Gasteiger partial charge in [0, 0.05) is 5.69 Å². The molecule has 0 spiro atoms. The highest BCUT2D eigenvalue weighted by Crippen LogP contribution is 2.48. The second-order valence-electron chi connectivity index (χ2n) is 5.32. The maximum absolute atomic E-state index is 11.9. The molecule has 0 radical (unpaired) electrons. The SMILES string of the molecule is COc1ccc(N2C(=S)SC3CS(=O)(=O)CC32C)cc1. The Hall–Kier alpha value is -0.790. The molecule has 1 aromatic carbocycles. The molecule has 108 valence electrons. The normalized spacial score (nSPS) is 31.4. The number of rotatable bonds is 2. The van der Waals surface area contributed by atoms with Crippen LogP contribution in [0.5, 0.6) is 5.75 Å². The lowest BCUT2D eigenvalue weighted by Crippen LogP contribution is -2.49. The highest BCUT2D eigenvalue weighted by molar-refractivity contribution is 8.24. The molecule has 0 saturated carbocycles. The summed E-state index contributed by atoms with van der Waals surface area (Å²) >= 11 is 6.94. The van der Waals surface area contributed by atoms with E-state index in [2.05, 4.69) is 0 Å². The van der Waals surface area contributed by atoms with E-state index in [9.17, 15) is 8.42 Å². The molecule has 2 saturated heterocycles. The molecule has 0 N–H and O–H groups in total. The molecule has 2 atom stereocenters. The van der Waals surface area contributed by atoms with Crippen molar-refractivity contribution >= 4 is 43.8 Å². The van der Waals surface area contributed by atoms with Crippen LogP contribution in [0.25, 0.3) is 0 Å². The third-order valence-corrected chi connectivity index (χ3v) is 7.77. The molecular formula is C13H15NO3S3. The van der Waals surface area contributed by atoms with Gasteiger partial charge in [0.15, 0.2) is 9.84 Å². The molecule has 2 aliphatic heterocycles. The number of hydrogen-bond acceptors (Lipinski definition) is 5. The summed E-state index contributed by atoms with van der Waals surface area (Å²) < 4.78 is 29.8. The number of ether oxygens (including phenoxy) is 1.